The highest BCUT2D eigenvalue weighted by Crippen LogP contribution is 2.40. The van der Waals surface area contributed by atoms with Gasteiger partial charge in [-0.25, -0.2) is 0 Å². The molecule has 1 aliphatic carbocycles. The van der Waals surface area contributed by atoms with Gasteiger partial charge in [-0.1, -0.05) is 31.2 Å². The van der Waals surface area contributed by atoms with Crippen molar-refractivity contribution in [2.45, 2.75) is 51.2 Å². The van der Waals surface area contributed by atoms with E-state index in [9.17, 15) is 10.1 Å². The SMILES string of the molecule is C=CCn1c(SCC(=O)Nc2sc3c(c2C#N)CCC(CC)C3)nnc1-c1ccc(OCC)cc1. The standard InChI is InChI=1S/C26H29N5O2S2/c1-4-13-31-24(18-8-10-19(11-9-18)33-6-3)29-30-26(31)34-16-23(32)28-25-21(15-27)20-12-7-17(5-2)14-22(20)35-25/h4,8-11,17H,1,5-7,12-14,16H2,2-3H3,(H,28,32). The average Bonchev–Trinajstić information content (AvgIpc) is 3.43. The molecule has 1 unspecified atom stereocenters. The number of fused-ring (bicyclic) bond motifs is 1. The number of nitrogens with zero attached hydrogens (tertiary/aromatic N) is 4. The van der Waals surface area contributed by atoms with Crippen molar-refractivity contribution in [1.29, 1.82) is 5.26 Å². The highest BCUT2D eigenvalue weighted by atomic mass is 32.2. The van der Waals surface area contributed by atoms with Crippen LogP contribution >= 0.6 is 23.1 Å². The lowest BCUT2D eigenvalue weighted by Crippen LogP contribution is -2.15. The van der Waals surface area contributed by atoms with Crippen LogP contribution in [0.1, 0.15) is 42.7 Å². The van der Waals surface area contributed by atoms with Gasteiger partial charge in [0.05, 0.1) is 17.9 Å². The molecule has 7 nitrogen and oxygen atoms in total. The topological polar surface area (TPSA) is 92.8 Å². The van der Waals surface area contributed by atoms with Gasteiger partial charge in [-0.05, 0) is 61.9 Å². The molecule has 1 N–H and O–H groups in total. The van der Waals surface area contributed by atoms with Crippen molar-refractivity contribution in [2.75, 3.05) is 17.7 Å². The van der Waals surface area contributed by atoms with Crippen LogP contribution in [0, 0.1) is 17.2 Å². The Kier molecular flexibility index (Phi) is 8.26. The van der Waals surface area contributed by atoms with Crippen LogP contribution in [0.5, 0.6) is 5.75 Å². The molecule has 1 amide bonds. The van der Waals surface area contributed by atoms with Gasteiger partial charge in [0.15, 0.2) is 11.0 Å². The second kappa shape index (κ2) is 11.6. The molecule has 2 aromatic heterocycles. The van der Waals surface area contributed by atoms with Crippen molar-refractivity contribution in [1.82, 2.24) is 14.8 Å². The second-order valence-corrected chi connectivity index (χ2v) is 10.4. The molecule has 9 heteroatoms. The molecule has 1 aromatic carbocycles. The molecule has 182 valence electrons. The number of benzene rings is 1. The number of hydrogen-bond donors (Lipinski definition) is 1. The number of nitrogens with one attached hydrogen (secondary N) is 1. The molecule has 0 aliphatic heterocycles. The molecule has 3 aromatic rings. The number of allylic oxidation sites excluding steroid dienone is 1. The Morgan fingerprint density at radius 3 is 2.86 bits per heavy atom. The third-order valence-electron chi connectivity index (χ3n) is 6.09. The van der Waals surface area contributed by atoms with Crippen molar-refractivity contribution in [3.8, 4) is 23.2 Å². The van der Waals surface area contributed by atoms with Crippen LogP contribution < -0.4 is 10.1 Å². The highest BCUT2D eigenvalue weighted by Gasteiger charge is 2.26. The lowest BCUT2D eigenvalue weighted by Gasteiger charge is -2.20. The summed E-state index contributed by atoms with van der Waals surface area (Å²) in [6.07, 6.45) is 5.94. The Hall–Kier alpha value is -3.09. The monoisotopic (exact) mass is 507 g/mol. The van der Waals surface area contributed by atoms with Crippen LogP contribution in [0.15, 0.2) is 42.1 Å². The van der Waals surface area contributed by atoms with Crippen LogP contribution in [0.25, 0.3) is 11.4 Å². The van der Waals surface area contributed by atoms with E-state index in [0.29, 0.717) is 40.6 Å². The number of anilines is 1. The zero-order chi connectivity index (χ0) is 24.8. The van der Waals surface area contributed by atoms with Crippen molar-refractivity contribution in [2.24, 2.45) is 5.92 Å². The van der Waals surface area contributed by atoms with E-state index < -0.39 is 0 Å². The molecule has 0 saturated carbocycles. The zero-order valence-corrected chi connectivity index (χ0v) is 21.7. The van der Waals surface area contributed by atoms with E-state index >= 15 is 0 Å². The Labute approximate surface area is 214 Å². The maximum absolute atomic E-state index is 12.8. The van der Waals surface area contributed by atoms with Gasteiger partial charge < -0.3 is 10.1 Å². The fraction of sp³-hybridized carbons (Fsp3) is 0.385. The zero-order valence-electron chi connectivity index (χ0n) is 20.0. The summed E-state index contributed by atoms with van der Waals surface area (Å²) in [4.78, 5) is 14.0. The van der Waals surface area contributed by atoms with E-state index in [4.69, 9.17) is 4.74 Å². The third kappa shape index (κ3) is 5.60. The summed E-state index contributed by atoms with van der Waals surface area (Å²) in [5.74, 6) is 2.18. The van der Waals surface area contributed by atoms with Crippen LogP contribution in [-0.2, 0) is 24.2 Å². The van der Waals surface area contributed by atoms with Gasteiger partial charge in [-0.15, -0.1) is 28.1 Å². The first kappa shape index (κ1) is 25.0. The summed E-state index contributed by atoms with van der Waals surface area (Å²) in [7, 11) is 0. The molecule has 0 saturated heterocycles. The molecule has 0 spiro atoms. The number of amides is 1. The van der Waals surface area contributed by atoms with Gasteiger partial charge in [0.2, 0.25) is 5.91 Å². The first-order valence-electron chi connectivity index (χ1n) is 11.8. The van der Waals surface area contributed by atoms with Gasteiger partial charge >= 0.3 is 0 Å². The maximum Gasteiger partial charge on any atom is 0.235 e. The van der Waals surface area contributed by atoms with E-state index in [2.05, 4.69) is 35.1 Å². The first-order chi connectivity index (χ1) is 17.1. The molecular formula is C26H29N5O2S2. The summed E-state index contributed by atoms with van der Waals surface area (Å²) in [6, 6.07) is 10.0. The van der Waals surface area contributed by atoms with Crippen molar-refractivity contribution in [3.05, 3.63) is 52.9 Å². The van der Waals surface area contributed by atoms with E-state index in [-0.39, 0.29) is 11.7 Å². The maximum atomic E-state index is 12.8. The quantitative estimate of drug-likeness (QED) is 0.279. The summed E-state index contributed by atoms with van der Waals surface area (Å²) in [5, 5.41) is 22.7. The lowest BCUT2D eigenvalue weighted by atomic mass is 9.86. The average molecular weight is 508 g/mol. The molecule has 0 bridgehead atoms. The number of aromatic nitrogens is 3. The van der Waals surface area contributed by atoms with Crippen molar-refractivity contribution >= 4 is 34.0 Å². The summed E-state index contributed by atoms with van der Waals surface area (Å²) < 4.78 is 7.46. The predicted octanol–water partition coefficient (Wildman–Crippen LogP) is 5.71. The highest BCUT2D eigenvalue weighted by molar-refractivity contribution is 7.99. The first-order valence-corrected chi connectivity index (χ1v) is 13.6. The molecule has 4 rings (SSSR count). The van der Waals surface area contributed by atoms with Crippen LogP contribution in [-0.4, -0.2) is 33.0 Å². The van der Waals surface area contributed by atoms with E-state index in [1.165, 1.54) is 16.6 Å². The molecular weight excluding hydrogens is 478 g/mol. The smallest absolute Gasteiger partial charge is 0.235 e. The fourth-order valence-corrected chi connectivity index (χ4v) is 6.35. The number of carbonyl (C=O) groups is 1. The van der Waals surface area contributed by atoms with Gasteiger partial charge in [0.25, 0.3) is 0 Å². The molecule has 35 heavy (non-hydrogen) atoms. The Morgan fingerprint density at radius 1 is 1.37 bits per heavy atom. The van der Waals surface area contributed by atoms with Crippen LogP contribution in [0.4, 0.5) is 5.00 Å². The lowest BCUT2D eigenvalue weighted by molar-refractivity contribution is -0.113. The summed E-state index contributed by atoms with van der Waals surface area (Å²) in [5.41, 5.74) is 2.66. The van der Waals surface area contributed by atoms with Gasteiger partial charge in [-0.2, -0.15) is 5.26 Å². The van der Waals surface area contributed by atoms with E-state index in [0.717, 1.165) is 42.6 Å². The number of ether oxygens (including phenoxy) is 1. The minimum atomic E-state index is -0.159. The number of thioether (sulfide) groups is 1. The van der Waals surface area contributed by atoms with Crippen LogP contribution in [0.2, 0.25) is 0 Å². The Balaban J connectivity index is 1.45. The number of rotatable bonds is 10. The molecule has 0 radical (unpaired) electrons. The predicted molar refractivity (Wildman–Crippen MR) is 141 cm³/mol. The molecule has 2 heterocycles. The number of nitriles is 1. The van der Waals surface area contributed by atoms with Crippen molar-refractivity contribution < 1.29 is 9.53 Å². The number of hydrogen-bond acceptors (Lipinski definition) is 7. The van der Waals surface area contributed by atoms with Gasteiger partial charge in [0.1, 0.15) is 16.8 Å². The normalized spacial score (nSPS) is 14.7. The number of carbonyl (C=O) groups excluding carboxylic acids is 1. The summed E-state index contributed by atoms with van der Waals surface area (Å²) in [6.45, 7) is 9.14. The largest absolute Gasteiger partial charge is 0.494 e. The summed E-state index contributed by atoms with van der Waals surface area (Å²) >= 11 is 2.87. The van der Waals surface area contributed by atoms with Crippen LogP contribution in [0.3, 0.4) is 0 Å². The van der Waals surface area contributed by atoms with Crippen molar-refractivity contribution in [3.63, 3.8) is 0 Å². The van der Waals surface area contributed by atoms with E-state index in [1.54, 1.807) is 17.4 Å². The minimum absolute atomic E-state index is 0.159. The molecule has 0 fully saturated rings. The number of thiophene rings is 1. The second-order valence-electron chi connectivity index (χ2n) is 8.34. The molecule has 1 aliphatic rings. The Bertz CT molecular complexity index is 1240. The molecule has 1 atom stereocenters. The fourth-order valence-electron chi connectivity index (χ4n) is 4.27. The minimum Gasteiger partial charge on any atom is -0.494 e. The Morgan fingerprint density at radius 2 is 2.17 bits per heavy atom. The third-order valence-corrected chi connectivity index (χ3v) is 8.23. The van der Waals surface area contributed by atoms with E-state index in [1.807, 2.05) is 35.8 Å². The van der Waals surface area contributed by atoms with Gasteiger partial charge in [-0.3, -0.25) is 9.36 Å². The van der Waals surface area contributed by atoms with Gasteiger partial charge in [0, 0.05) is 17.0 Å².